The van der Waals surface area contributed by atoms with E-state index in [9.17, 15) is 4.79 Å². The van der Waals surface area contributed by atoms with Gasteiger partial charge in [0.2, 0.25) is 0 Å². The summed E-state index contributed by atoms with van der Waals surface area (Å²) in [6.45, 7) is 6.38. The van der Waals surface area contributed by atoms with Gasteiger partial charge in [0.05, 0.1) is 25.4 Å². The maximum atomic E-state index is 9.37. The van der Waals surface area contributed by atoms with E-state index in [4.69, 9.17) is 30.0 Å². The number of carbonyl (C=O) groups is 2. The van der Waals surface area contributed by atoms with Gasteiger partial charge in [-0.25, -0.2) is 0 Å². The molecule has 2 atom stereocenters. The maximum Gasteiger partial charge on any atom is 0.303 e. The number of hydrogen-bond acceptors (Lipinski definition) is 5. The highest BCUT2D eigenvalue weighted by Crippen LogP contribution is 1.90. The third-order valence-electron chi connectivity index (χ3n) is 1.18. The molecule has 7 nitrogen and oxygen atoms in total. The van der Waals surface area contributed by atoms with Gasteiger partial charge in [-0.2, -0.15) is 0 Å². The molecule has 0 aromatic carbocycles. The second-order valence-corrected chi connectivity index (χ2v) is 3.44. The minimum Gasteiger partial charge on any atom is -0.481 e. The summed E-state index contributed by atoms with van der Waals surface area (Å²) in [6, 6.07) is 0. The average molecular weight is 268 g/mol. The molecule has 0 saturated carbocycles. The Balaban J connectivity index is -0.000000212. The summed E-state index contributed by atoms with van der Waals surface area (Å²) in [5, 5.41) is 32.3. The van der Waals surface area contributed by atoms with Crippen LogP contribution in [-0.2, 0) is 14.3 Å². The predicted molar refractivity (Wildman–Crippen MR) is 65.4 cm³/mol. The molecule has 0 aliphatic carbocycles. The van der Waals surface area contributed by atoms with Gasteiger partial charge in [-0.3, -0.25) is 9.59 Å². The number of hydrogen-bond donors (Lipinski definition) is 4. The Kier molecular flexibility index (Phi) is 19.4. The summed E-state index contributed by atoms with van der Waals surface area (Å²) in [5.41, 5.74) is 0. The first kappa shape index (κ1) is 22.0. The number of aliphatic carboxylic acids is 2. The van der Waals surface area contributed by atoms with Crippen molar-refractivity contribution in [3.05, 3.63) is 0 Å². The van der Waals surface area contributed by atoms with Gasteiger partial charge in [0.15, 0.2) is 0 Å². The molecule has 110 valence electrons. The number of aliphatic hydroxyl groups excluding tert-OH is 2. The lowest BCUT2D eigenvalue weighted by molar-refractivity contribution is -0.137. The highest BCUT2D eigenvalue weighted by Gasteiger charge is 2.00. The van der Waals surface area contributed by atoms with Crippen LogP contribution in [0.1, 0.15) is 34.1 Å². The number of aliphatic hydroxyl groups is 2. The number of carboxylic acid groups (broad SMARTS) is 2. The zero-order chi connectivity index (χ0) is 15.1. The highest BCUT2D eigenvalue weighted by molar-refractivity contribution is 5.66. The van der Waals surface area contributed by atoms with Crippen LogP contribution >= 0.6 is 0 Å². The first-order valence-electron chi connectivity index (χ1n) is 5.49. The molecule has 0 rings (SSSR count). The van der Waals surface area contributed by atoms with Crippen LogP contribution in [0.25, 0.3) is 0 Å². The molecule has 0 aliphatic rings. The quantitative estimate of drug-likeness (QED) is 0.566. The van der Waals surface area contributed by atoms with Gasteiger partial charge in [-0.15, -0.1) is 0 Å². The molecule has 18 heavy (non-hydrogen) atoms. The fourth-order valence-electron chi connectivity index (χ4n) is 0.356. The second kappa shape index (κ2) is 15.8. The molecule has 4 N–H and O–H groups in total. The zero-order valence-corrected chi connectivity index (χ0v) is 11.3. The van der Waals surface area contributed by atoms with E-state index < -0.39 is 18.0 Å². The molecule has 0 heterocycles. The van der Waals surface area contributed by atoms with Crippen LogP contribution in [0.5, 0.6) is 0 Å². The van der Waals surface area contributed by atoms with Crippen LogP contribution in [0.4, 0.5) is 0 Å². The van der Waals surface area contributed by atoms with Crippen molar-refractivity contribution >= 4 is 11.9 Å². The van der Waals surface area contributed by atoms with E-state index in [0.29, 0.717) is 6.61 Å². The van der Waals surface area contributed by atoms with E-state index in [-0.39, 0.29) is 19.1 Å². The lowest BCUT2D eigenvalue weighted by Gasteiger charge is -2.10. The van der Waals surface area contributed by atoms with Gasteiger partial charge in [-0.05, 0) is 13.8 Å². The van der Waals surface area contributed by atoms with Gasteiger partial charge in [0.25, 0.3) is 5.97 Å². The Morgan fingerprint density at radius 1 is 1.22 bits per heavy atom. The molecule has 0 saturated heterocycles. The maximum absolute atomic E-state index is 9.37. The molecule has 7 heteroatoms. The van der Waals surface area contributed by atoms with Crippen LogP contribution in [0.15, 0.2) is 0 Å². The van der Waals surface area contributed by atoms with Crippen molar-refractivity contribution in [1.29, 1.82) is 0 Å². The van der Waals surface area contributed by atoms with Gasteiger partial charge < -0.3 is 25.2 Å². The monoisotopic (exact) mass is 268 g/mol. The van der Waals surface area contributed by atoms with E-state index >= 15 is 0 Å². The minimum atomic E-state index is -0.833. The average Bonchev–Trinajstić information content (AvgIpc) is 2.25. The summed E-state index contributed by atoms with van der Waals surface area (Å²) in [7, 11) is 0. The molecule has 2 unspecified atom stereocenters. The van der Waals surface area contributed by atoms with Crippen LogP contribution < -0.4 is 0 Å². The molecule has 0 fully saturated rings. The summed E-state index contributed by atoms with van der Waals surface area (Å²) in [4.78, 5) is 18.4. The molecule has 0 aromatic rings. The normalized spacial score (nSPS) is 12.1. The zero-order valence-electron chi connectivity index (χ0n) is 11.3. The Morgan fingerprint density at radius 2 is 1.56 bits per heavy atom. The van der Waals surface area contributed by atoms with Crippen LogP contribution in [-0.4, -0.2) is 57.8 Å². The molecular weight excluding hydrogens is 244 g/mol. The smallest absolute Gasteiger partial charge is 0.303 e. The Bertz CT molecular complexity index is 200. The Morgan fingerprint density at radius 3 is 1.72 bits per heavy atom. The topological polar surface area (TPSA) is 124 Å². The molecule has 0 bridgehead atoms. The van der Waals surface area contributed by atoms with Gasteiger partial charge in [-0.1, -0.05) is 6.92 Å². The van der Waals surface area contributed by atoms with Crippen molar-refractivity contribution in [3.8, 4) is 0 Å². The molecule has 0 aromatic heterocycles. The molecule has 0 spiro atoms. The predicted octanol–water partition coefficient (Wildman–Crippen LogP) is 0.336. The van der Waals surface area contributed by atoms with Gasteiger partial charge in [0.1, 0.15) is 0 Å². The van der Waals surface area contributed by atoms with Crippen molar-refractivity contribution in [3.63, 3.8) is 0 Å². The van der Waals surface area contributed by atoms with E-state index in [1.165, 1.54) is 0 Å². The highest BCUT2D eigenvalue weighted by atomic mass is 16.5. The standard InChI is InChI=1S/C6H14O3.C3H6O2.C2H4O2/c1-5(8)4-9-6(2)3-7;1-2-3(4)5;1-2(3)4/h5-8H,3-4H2,1-2H3;2H2,1H3,(H,4,5);1H3,(H,3,4). The fourth-order valence-corrected chi connectivity index (χ4v) is 0.356. The van der Waals surface area contributed by atoms with Crippen molar-refractivity contribution in [2.24, 2.45) is 0 Å². The first-order chi connectivity index (χ1) is 8.17. The minimum absolute atomic E-state index is 0.00667. The van der Waals surface area contributed by atoms with E-state index in [0.717, 1.165) is 6.92 Å². The van der Waals surface area contributed by atoms with Gasteiger partial charge >= 0.3 is 5.97 Å². The SMILES string of the molecule is CC(=O)O.CC(O)COC(C)CO.CCC(=O)O. The summed E-state index contributed by atoms with van der Waals surface area (Å²) >= 11 is 0. The number of carboxylic acids is 2. The van der Waals surface area contributed by atoms with Crippen LogP contribution in [0.2, 0.25) is 0 Å². The molecule has 0 amide bonds. The lowest BCUT2D eigenvalue weighted by atomic mass is 10.4. The van der Waals surface area contributed by atoms with E-state index in [2.05, 4.69) is 0 Å². The summed E-state index contributed by atoms with van der Waals surface area (Å²) in [5.74, 6) is -1.58. The van der Waals surface area contributed by atoms with Crippen molar-refractivity contribution in [2.75, 3.05) is 13.2 Å². The van der Waals surface area contributed by atoms with Crippen molar-refractivity contribution in [1.82, 2.24) is 0 Å². The number of ether oxygens (including phenoxy) is 1. The molecule has 0 radical (unpaired) electrons. The fraction of sp³-hybridized carbons (Fsp3) is 0.818. The van der Waals surface area contributed by atoms with Gasteiger partial charge in [0, 0.05) is 13.3 Å². The van der Waals surface area contributed by atoms with Crippen LogP contribution in [0, 0.1) is 0 Å². The summed E-state index contributed by atoms with van der Waals surface area (Å²) < 4.78 is 4.95. The summed E-state index contributed by atoms with van der Waals surface area (Å²) in [6.07, 6.45) is -0.390. The Hall–Kier alpha value is -1.18. The lowest BCUT2D eigenvalue weighted by Crippen LogP contribution is -2.19. The van der Waals surface area contributed by atoms with E-state index in [1.807, 2.05) is 0 Å². The molecular formula is C11H24O7. The van der Waals surface area contributed by atoms with E-state index in [1.54, 1.807) is 20.8 Å². The third-order valence-corrected chi connectivity index (χ3v) is 1.18. The third kappa shape index (κ3) is 46.3. The van der Waals surface area contributed by atoms with Crippen molar-refractivity contribution in [2.45, 2.75) is 46.3 Å². The first-order valence-corrected chi connectivity index (χ1v) is 5.49. The second-order valence-electron chi connectivity index (χ2n) is 3.44. The largest absolute Gasteiger partial charge is 0.481 e. The van der Waals surface area contributed by atoms with Crippen LogP contribution in [0.3, 0.4) is 0 Å². The number of rotatable bonds is 5. The Labute approximate surface area is 107 Å². The molecule has 0 aliphatic heterocycles. The van der Waals surface area contributed by atoms with Crippen molar-refractivity contribution < 1.29 is 34.8 Å².